The van der Waals surface area contributed by atoms with Gasteiger partial charge in [0.05, 0.1) is 6.20 Å². The van der Waals surface area contributed by atoms with Crippen molar-refractivity contribution < 1.29 is 0 Å². The lowest BCUT2D eigenvalue weighted by molar-refractivity contribution is 0.533. The fraction of sp³-hybridized carbons (Fsp3) is 0.600. The first-order valence-electron chi connectivity index (χ1n) is 5.15. The van der Waals surface area contributed by atoms with E-state index in [0.29, 0.717) is 0 Å². The van der Waals surface area contributed by atoms with Crippen LogP contribution >= 0.6 is 0 Å². The Morgan fingerprint density at radius 3 is 2.64 bits per heavy atom. The van der Waals surface area contributed by atoms with Gasteiger partial charge in [-0.15, -0.1) is 0 Å². The van der Waals surface area contributed by atoms with Gasteiger partial charge in [-0.2, -0.15) is 0 Å². The van der Waals surface area contributed by atoms with Crippen LogP contribution in [0.5, 0.6) is 0 Å². The maximum Gasteiger partial charge on any atom is 0.147 e. The molecule has 0 aromatic carbocycles. The average Bonchev–Trinajstić information content (AvgIpc) is 2.78. The lowest BCUT2D eigenvalue weighted by atomic mass is 10.0. The maximum absolute atomic E-state index is 4.33. The van der Waals surface area contributed by atoms with E-state index in [1.54, 1.807) is 12.4 Å². The molecule has 0 radical (unpaired) electrons. The van der Waals surface area contributed by atoms with Crippen molar-refractivity contribution in [2.45, 2.75) is 0 Å². The lowest BCUT2D eigenvalue weighted by Gasteiger charge is -2.17. The van der Waals surface area contributed by atoms with Crippen LogP contribution in [-0.4, -0.2) is 36.1 Å². The van der Waals surface area contributed by atoms with Gasteiger partial charge in [0.15, 0.2) is 0 Å². The van der Waals surface area contributed by atoms with Gasteiger partial charge < -0.3 is 10.2 Å². The van der Waals surface area contributed by atoms with Gasteiger partial charge in [0, 0.05) is 38.6 Å². The second-order valence-corrected chi connectivity index (χ2v) is 4.15. The van der Waals surface area contributed by atoms with Crippen LogP contribution in [0, 0.1) is 11.8 Å². The van der Waals surface area contributed by atoms with Crippen molar-refractivity contribution in [2.75, 3.05) is 31.1 Å². The average molecular weight is 190 g/mol. The molecule has 0 bridgehead atoms. The molecule has 1 aromatic heterocycles. The van der Waals surface area contributed by atoms with Crippen LogP contribution in [0.1, 0.15) is 0 Å². The van der Waals surface area contributed by atoms with E-state index >= 15 is 0 Å². The molecule has 2 aliphatic rings. The molecule has 4 heteroatoms. The molecule has 4 nitrogen and oxygen atoms in total. The topological polar surface area (TPSA) is 41.1 Å². The van der Waals surface area contributed by atoms with Crippen molar-refractivity contribution in [1.82, 2.24) is 15.3 Å². The Morgan fingerprint density at radius 2 is 2.00 bits per heavy atom. The SMILES string of the molecule is c1cnc(N2CC3CNCC3C2)cn1. The highest BCUT2D eigenvalue weighted by Gasteiger charge is 2.36. The Bertz CT molecular complexity index is 301. The second-order valence-electron chi connectivity index (χ2n) is 4.15. The monoisotopic (exact) mass is 190 g/mol. The highest BCUT2D eigenvalue weighted by atomic mass is 15.2. The zero-order valence-corrected chi connectivity index (χ0v) is 8.06. The molecule has 3 heterocycles. The van der Waals surface area contributed by atoms with Gasteiger partial charge in [-0.3, -0.25) is 4.98 Å². The number of nitrogens with one attached hydrogen (secondary N) is 1. The molecule has 2 unspecified atom stereocenters. The maximum atomic E-state index is 4.33. The third kappa shape index (κ3) is 1.26. The summed E-state index contributed by atoms with van der Waals surface area (Å²) in [5.74, 6) is 2.66. The Kier molecular flexibility index (Phi) is 1.87. The summed E-state index contributed by atoms with van der Waals surface area (Å²) in [4.78, 5) is 10.8. The van der Waals surface area contributed by atoms with Crippen LogP contribution in [0.2, 0.25) is 0 Å². The molecule has 0 aliphatic carbocycles. The summed E-state index contributed by atoms with van der Waals surface area (Å²) >= 11 is 0. The molecule has 1 N–H and O–H groups in total. The van der Waals surface area contributed by atoms with E-state index in [-0.39, 0.29) is 0 Å². The van der Waals surface area contributed by atoms with Gasteiger partial charge in [-0.1, -0.05) is 0 Å². The first kappa shape index (κ1) is 8.17. The summed E-state index contributed by atoms with van der Waals surface area (Å²) in [6.07, 6.45) is 5.35. The van der Waals surface area contributed by atoms with Gasteiger partial charge >= 0.3 is 0 Å². The minimum absolute atomic E-state index is 0.817. The van der Waals surface area contributed by atoms with E-state index in [0.717, 1.165) is 30.7 Å². The number of hydrogen-bond acceptors (Lipinski definition) is 4. The minimum Gasteiger partial charge on any atom is -0.355 e. The Labute approximate surface area is 83.4 Å². The summed E-state index contributed by atoms with van der Waals surface area (Å²) in [6.45, 7) is 4.61. The standard InChI is InChI=1S/C10H14N4/c1-2-13-10(5-11-1)14-6-8-3-12-4-9(8)7-14/h1-2,5,8-9,12H,3-4,6-7H2. The van der Waals surface area contributed by atoms with Crippen LogP contribution in [0.15, 0.2) is 18.6 Å². The highest BCUT2D eigenvalue weighted by Crippen LogP contribution is 2.28. The van der Waals surface area contributed by atoms with Gasteiger partial charge in [0.1, 0.15) is 5.82 Å². The minimum atomic E-state index is 0.817. The fourth-order valence-electron chi connectivity index (χ4n) is 2.50. The number of anilines is 1. The fourth-order valence-corrected chi connectivity index (χ4v) is 2.50. The quantitative estimate of drug-likeness (QED) is 0.683. The van der Waals surface area contributed by atoms with E-state index in [9.17, 15) is 0 Å². The molecule has 2 atom stereocenters. The first-order chi connectivity index (χ1) is 6.93. The lowest BCUT2D eigenvalue weighted by Crippen LogP contribution is -2.26. The van der Waals surface area contributed by atoms with Crippen LogP contribution in [0.25, 0.3) is 0 Å². The molecule has 0 saturated carbocycles. The van der Waals surface area contributed by atoms with Crippen molar-refractivity contribution >= 4 is 5.82 Å². The molecule has 2 aliphatic heterocycles. The van der Waals surface area contributed by atoms with Gasteiger partial charge in [0.2, 0.25) is 0 Å². The Balaban J connectivity index is 1.77. The molecule has 74 valence electrons. The van der Waals surface area contributed by atoms with Crippen molar-refractivity contribution in [3.05, 3.63) is 18.6 Å². The normalized spacial score (nSPS) is 30.7. The summed E-state index contributed by atoms with van der Waals surface area (Å²) in [6, 6.07) is 0. The molecule has 0 amide bonds. The molecule has 2 saturated heterocycles. The van der Waals surface area contributed by atoms with Crippen molar-refractivity contribution in [3.8, 4) is 0 Å². The molecule has 2 fully saturated rings. The van der Waals surface area contributed by atoms with Crippen molar-refractivity contribution in [3.63, 3.8) is 0 Å². The highest BCUT2D eigenvalue weighted by molar-refractivity contribution is 5.37. The third-order valence-electron chi connectivity index (χ3n) is 3.26. The molecular formula is C10H14N4. The van der Waals surface area contributed by atoms with Crippen molar-refractivity contribution in [2.24, 2.45) is 11.8 Å². The summed E-state index contributed by atoms with van der Waals surface area (Å²) in [7, 11) is 0. The van der Waals surface area contributed by atoms with E-state index in [1.807, 2.05) is 6.20 Å². The Hall–Kier alpha value is -1.16. The van der Waals surface area contributed by atoms with Crippen molar-refractivity contribution in [1.29, 1.82) is 0 Å². The number of hydrogen-bond donors (Lipinski definition) is 1. The molecular weight excluding hydrogens is 176 g/mol. The van der Waals surface area contributed by atoms with Gasteiger partial charge in [-0.05, 0) is 11.8 Å². The first-order valence-corrected chi connectivity index (χ1v) is 5.15. The third-order valence-corrected chi connectivity index (χ3v) is 3.26. The molecule has 1 aromatic rings. The summed E-state index contributed by atoms with van der Waals surface area (Å²) in [5.41, 5.74) is 0. The number of fused-ring (bicyclic) bond motifs is 1. The van der Waals surface area contributed by atoms with E-state index in [4.69, 9.17) is 0 Å². The molecule has 0 spiro atoms. The smallest absolute Gasteiger partial charge is 0.147 e. The van der Waals surface area contributed by atoms with Gasteiger partial charge in [-0.25, -0.2) is 4.98 Å². The molecule has 3 rings (SSSR count). The number of nitrogens with zero attached hydrogens (tertiary/aromatic N) is 3. The summed E-state index contributed by atoms with van der Waals surface area (Å²) in [5, 5.41) is 3.43. The number of aromatic nitrogens is 2. The predicted molar refractivity (Wildman–Crippen MR) is 54.1 cm³/mol. The number of rotatable bonds is 1. The summed E-state index contributed by atoms with van der Waals surface area (Å²) < 4.78 is 0. The Morgan fingerprint density at radius 1 is 1.21 bits per heavy atom. The zero-order valence-electron chi connectivity index (χ0n) is 8.06. The van der Waals surface area contributed by atoms with Crippen LogP contribution < -0.4 is 10.2 Å². The van der Waals surface area contributed by atoms with Crippen LogP contribution in [0.4, 0.5) is 5.82 Å². The van der Waals surface area contributed by atoms with Gasteiger partial charge in [0.25, 0.3) is 0 Å². The van der Waals surface area contributed by atoms with E-state index < -0.39 is 0 Å². The predicted octanol–water partition coefficient (Wildman–Crippen LogP) is 0.132. The molecule has 14 heavy (non-hydrogen) atoms. The van der Waals surface area contributed by atoms with E-state index in [2.05, 4.69) is 20.2 Å². The second kappa shape index (κ2) is 3.20. The van der Waals surface area contributed by atoms with E-state index in [1.165, 1.54) is 13.1 Å². The largest absolute Gasteiger partial charge is 0.355 e. The zero-order chi connectivity index (χ0) is 9.38. The van der Waals surface area contributed by atoms with Crippen LogP contribution in [0.3, 0.4) is 0 Å². The van der Waals surface area contributed by atoms with Crippen LogP contribution in [-0.2, 0) is 0 Å².